The first kappa shape index (κ1) is 21.9. The van der Waals surface area contributed by atoms with Crippen molar-refractivity contribution in [2.75, 3.05) is 36.4 Å². The minimum absolute atomic E-state index is 0.0733. The van der Waals surface area contributed by atoms with Crippen LogP contribution in [0.5, 0.6) is 0 Å². The number of para-hydroxylation sites is 2. The molecule has 0 bridgehead atoms. The highest BCUT2D eigenvalue weighted by atomic mass is 16.2. The van der Waals surface area contributed by atoms with E-state index in [4.69, 9.17) is 9.97 Å². The Labute approximate surface area is 199 Å². The van der Waals surface area contributed by atoms with Crippen LogP contribution < -0.4 is 10.2 Å². The summed E-state index contributed by atoms with van der Waals surface area (Å²) >= 11 is 0. The molecule has 2 aromatic carbocycles. The van der Waals surface area contributed by atoms with Gasteiger partial charge in [0.05, 0.1) is 17.3 Å². The topological polar surface area (TPSA) is 79.2 Å². The predicted molar refractivity (Wildman–Crippen MR) is 135 cm³/mol. The number of rotatable bonds is 5. The Morgan fingerprint density at radius 2 is 1.65 bits per heavy atom. The number of fused-ring (bicyclic) bond motifs is 1. The van der Waals surface area contributed by atoms with Crippen LogP contribution in [0.4, 0.5) is 16.3 Å². The van der Waals surface area contributed by atoms with Crippen molar-refractivity contribution >= 4 is 28.6 Å². The van der Waals surface area contributed by atoms with E-state index >= 15 is 0 Å². The van der Waals surface area contributed by atoms with Gasteiger partial charge in [-0.25, -0.2) is 19.4 Å². The Morgan fingerprint density at radius 3 is 2.32 bits per heavy atom. The van der Waals surface area contributed by atoms with Crippen molar-refractivity contribution in [2.24, 2.45) is 0 Å². The van der Waals surface area contributed by atoms with Gasteiger partial charge in [-0.2, -0.15) is 5.10 Å². The quantitative estimate of drug-likeness (QED) is 0.473. The lowest BCUT2D eigenvalue weighted by Crippen LogP contribution is -2.50. The summed E-state index contributed by atoms with van der Waals surface area (Å²) in [5, 5.41) is 8.56. The molecule has 174 valence electrons. The van der Waals surface area contributed by atoms with Gasteiger partial charge in [0, 0.05) is 37.8 Å². The van der Waals surface area contributed by atoms with Crippen LogP contribution in [0, 0.1) is 0 Å². The number of hydrogen-bond donors (Lipinski definition) is 1. The number of nitrogens with zero attached hydrogens (tertiary/aromatic N) is 6. The van der Waals surface area contributed by atoms with Crippen LogP contribution >= 0.6 is 0 Å². The molecule has 1 fully saturated rings. The number of carbonyl (C=O) groups is 1. The van der Waals surface area contributed by atoms with E-state index in [-0.39, 0.29) is 11.9 Å². The molecule has 8 nitrogen and oxygen atoms in total. The predicted octanol–water partition coefficient (Wildman–Crippen LogP) is 4.68. The summed E-state index contributed by atoms with van der Waals surface area (Å²) in [5.41, 5.74) is 2.59. The molecular formula is C26H29N7O. The van der Waals surface area contributed by atoms with Crippen molar-refractivity contribution in [3.05, 3.63) is 72.7 Å². The molecule has 5 rings (SSSR count). The number of benzene rings is 2. The van der Waals surface area contributed by atoms with E-state index in [0.29, 0.717) is 26.2 Å². The van der Waals surface area contributed by atoms with Gasteiger partial charge in [-0.1, -0.05) is 50.2 Å². The summed E-state index contributed by atoms with van der Waals surface area (Å²) in [4.78, 5) is 26.7. The number of anilines is 2. The maximum Gasteiger partial charge on any atom is 0.321 e. The molecule has 1 atom stereocenters. The third-order valence-electron chi connectivity index (χ3n) is 6.37. The van der Waals surface area contributed by atoms with Crippen molar-refractivity contribution in [1.29, 1.82) is 0 Å². The molecule has 2 aromatic heterocycles. The van der Waals surface area contributed by atoms with Gasteiger partial charge in [0.1, 0.15) is 11.6 Å². The molecule has 34 heavy (non-hydrogen) atoms. The van der Waals surface area contributed by atoms with Gasteiger partial charge in [0.2, 0.25) is 0 Å². The van der Waals surface area contributed by atoms with Crippen LogP contribution in [0.3, 0.4) is 0 Å². The molecule has 8 heteroatoms. The van der Waals surface area contributed by atoms with Crippen molar-refractivity contribution in [1.82, 2.24) is 24.6 Å². The van der Waals surface area contributed by atoms with Crippen LogP contribution in [0.2, 0.25) is 0 Å². The number of carbonyl (C=O) groups excluding carboxylic acids is 1. The second kappa shape index (κ2) is 9.51. The molecule has 1 saturated heterocycles. The van der Waals surface area contributed by atoms with Crippen LogP contribution in [0.15, 0.2) is 66.9 Å². The zero-order valence-electron chi connectivity index (χ0n) is 19.6. The highest BCUT2D eigenvalue weighted by Crippen LogP contribution is 2.29. The molecule has 4 aromatic rings. The second-order valence-electron chi connectivity index (χ2n) is 8.61. The Bertz CT molecular complexity index is 1260. The molecule has 3 heterocycles. The van der Waals surface area contributed by atoms with Crippen LogP contribution in [0.1, 0.15) is 32.0 Å². The molecule has 1 unspecified atom stereocenters. The summed E-state index contributed by atoms with van der Waals surface area (Å²) in [6.07, 6.45) is 2.81. The zero-order chi connectivity index (χ0) is 23.5. The third kappa shape index (κ3) is 4.31. The summed E-state index contributed by atoms with van der Waals surface area (Å²) in [6, 6.07) is 19.5. The fourth-order valence-electron chi connectivity index (χ4n) is 4.16. The normalized spacial score (nSPS) is 14.9. The number of aromatic nitrogens is 4. The Morgan fingerprint density at radius 1 is 0.971 bits per heavy atom. The van der Waals surface area contributed by atoms with Crippen molar-refractivity contribution in [3.63, 3.8) is 0 Å². The standard InChI is InChI=1S/C26H29N7O/c1-3-19(2)23-29-24(22-18-27-33(25(22)30-23)21-12-8-5-9-13-21)31-14-16-32(17-15-31)26(34)28-20-10-6-4-7-11-20/h4-13,18-19H,3,14-17H2,1-2H3,(H,28,34). The van der Waals surface area contributed by atoms with E-state index in [1.54, 1.807) is 0 Å². The molecule has 0 saturated carbocycles. The lowest BCUT2D eigenvalue weighted by Gasteiger charge is -2.35. The first-order valence-electron chi connectivity index (χ1n) is 11.8. The van der Waals surface area contributed by atoms with Crippen LogP contribution in [-0.2, 0) is 0 Å². The third-order valence-corrected chi connectivity index (χ3v) is 6.37. The highest BCUT2D eigenvalue weighted by molar-refractivity contribution is 5.90. The number of nitrogens with one attached hydrogen (secondary N) is 1. The maximum atomic E-state index is 12.7. The maximum absolute atomic E-state index is 12.7. The van der Waals surface area contributed by atoms with E-state index < -0.39 is 0 Å². The van der Waals surface area contributed by atoms with Gasteiger partial charge in [0.15, 0.2) is 5.65 Å². The Kier molecular flexibility index (Phi) is 6.12. The minimum Gasteiger partial charge on any atom is -0.352 e. The first-order chi connectivity index (χ1) is 16.6. The number of urea groups is 1. The van der Waals surface area contributed by atoms with Crippen LogP contribution in [-0.4, -0.2) is 56.9 Å². The van der Waals surface area contributed by atoms with Crippen LogP contribution in [0.25, 0.3) is 16.7 Å². The second-order valence-corrected chi connectivity index (χ2v) is 8.61. The van der Waals surface area contributed by atoms with E-state index in [0.717, 1.165) is 40.5 Å². The van der Waals surface area contributed by atoms with E-state index in [2.05, 4.69) is 29.2 Å². The van der Waals surface area contributed by atoms with Gasteiger partial charge >= 0.3 is 6.03 Å². The van der Waals surface area contributed by atoms with Crippen molar-refractivity contribution in [2.45, 2.75) is 26.2 Å². The number of hydrogen-bond acceptors (Lipinski definition) is 5. The smallest absolute Gasteiger partial charge is 0.321 e. The van der Waals surface area contributed by atoms with E-state index in [9.17, 15) is 4.79 Å². The summed E-state index contributed by atoms with van der Waals surface area (Å²) < 4.78 is 1.88. The SMILES string of the molecule is CCC(C)c1nc(N2CCN(C(=O)Nc3ccccc3)CC2)c2cnn(-c3ccccc3)c2n1. The van der Waals surface area contributed by atoms with Crippen molar-refractivity contribution in [3.8, 4) is 5.69 Å². The average Bonchev–Trinajstić information content (AvgIpc) is 3.33. The zero-order valence-corrected chi connectivity index (χ0v) is 19.6. The summed E-state index contributed by atoms with van der Waals surface area (Å²) in [6.45, 7) is 6.94. The van der Waals surface area contributed by atoms with Gasteiger partial charge in [-0.15, -0.1) is 0 Å². The molecule has 0 aliphatic carbocycles. The fraction of sp³-hybridized carbons (Fsp3) is 0.308. The Hall–Kier alpha value is -3.94. The average molecular weight is 456 g/mol. The van der Waals surface area contributed by atoms with Gasteiger partial charge in [-0.05, 0) is 30.7 Å². The molecule has 2 amide bonds. The lowest BCUT2D eigenvalue weighted by atomic mass is 10.1. The first-order valence-corrected chi connectivity index (χ1v) is 11.8. The molecular weight excluding hydrogens is 426 g/mol. The number of amides is 2. The van der Waals surface area contributed by atoms with Gasteiger partial charge in [0.25, 0.3) is 0 Å². The molecule has 1 aliphatic rings. The minimum atomic E-state index is -0.0733. The summed E-state index contributed by atoms with van der Waals surface area (Å²) in [7, 11) is 0. The van der Waals surface area contributed by atoms with Crippen molar-refractivity contribution < 1.29 is 4.79 Å². The van der Waals surface area contributed by atoms with E-state index in [1.165, 1.54) is 0 Å². The molecule has 1 aliphatic heterocycles. The number of piperazine rings is 1. The molecule has 0 radical (unpaired) electrons. The van der Waals surface area contributed by atoms with E-state index in [1.807, 2.05) is 76.4 Å². The monoisotopic (exact) mass is 455 g/mol. The fourth-order valence-corrected chi connectivity index (χ4v) is 4.16. The Balaban J connectivity index is 1.41. The lowest BCUT2D eigenvalue weighted by molar-refractivity contribution is 0.208. The largest absolute Gasteiger partial charge is 0.352 e. The summed E-state index contributed by atoms with van der Waals surface area (Å²) in [5.74, 6) is 1.96. The molecule has 1 N–H and O–H groups in total. The molecule has 0 spiro atoms. The van der Waals surface area contributed by atoms with Gasteiger partial charge < -0.3 is 15.1 Å². The van der Waals surface area contributed by atoms with Gasteiger partial charge in [-0.3, -0.25) is 0 Å². The highest BCUT2D eigenvalue weighted by Gasteiger charge is 2.26.